The Morgan fingerprint density at radius 3 is 2.14 bits per heavy atom. The molecule has 0 saturated carbocycles. The third kappa shape index (κ3) is 5.53. The van der Waals surface area contributed by atoms with Crippen molar-refractivity contribution in [1.29, 1.82) is 0 Å². The van der Waals surface area contributed by atoms with Crippen LogP contribution < -0.4 is 0 Å². The molecule has 0 spiro atoms. The number of hydrogen-bond acceptors (Lipinski definition) is 5. The molecule has 1 aliphatic rings. The number of amides is 2. The Bertz CT molecular complexity index is 1200. The zero-order valence-electron chi connectivity index (χ0n) is 18.5. The molecular weight excluding hydrogens is 465 g/mol. The maximum atomic E-state index is 12.9. The van der Waals surface area contributed by atoms with E-state index in [0.717, 1.165) is 12.1 Å². The topological polar surface area (TPSA) is 80.1 Å². The summed E-state index contributed by atoms with van der Waals surface area (Å²) in [4.78, 5) is 40.6. The van der Waals surface area contributed by atoms with Gasteiger partial charge in [0.15, 0.2) is 12.4 Å². The van der Waals surface area contributed by atoms with Crippen molar-refractivity contribution in [2.24, 2.45) is 0 Å². The average Bonchev–Trinajstić information content (AvgIpc) is 3.41. The van der Waals surface area contributed by atoms with Gasteiger partial charge in [0.25, 0.3) is 11.8 Å². The van der Waals surface area contributed by atoms with E-state index < -0.39 is 30.2 Å². The summed E-state index contributed by atoms with van der Waals surface area (Å²) in [6.07, 6.45) is -3.05. The number of ether oxygens (including phenoxy) is 1. The minimum atomic E-state index is -4.46. The third-order valence-electron chi connectivity index (χ3n) is 5.65. The van der Waals surface area contributed by atoms with Gasteiger partial charge in [-0.15, -0.1) is 0 Å². The number of esters is 1. The van der Waals surface area contributed by atoms with Crippen LogP contribution in [0.25, 0.3) is 11.1 Å². The Morgan fingerprint density at radius 1 is 0.857 bits per heavy atom. The van der Waals surface area contributed by atoms with Crippen LogP contribution >= 0.6 is 0 Å². The average molecular weight is 486 g/mol. The molecule has 1 saturated heterocycles. The molecule has 7 nitrogen and oxygen atoms in total. The van der Waals surface area contributed by atoms with Gasteiger partial charge in [0.2, 0.25) is 0 Å². The van der Waals surface area contributed by atoms with Crippen molar-refractivity contribution in [1.82, 2.24) is 9.80 Å². The van der Waals surface area contributed by atoms with E-state index in [1.807, 2.05) is 0 Å². The molecule has 0 bridgehead atoms. The van der Waals surface area contributed by atoms with E-state index in [0.29, 0.717) is 24.2 Å². The largest absolute Gasteiger partial charge is 0.459 e. The fourth-order valence-electron chi connectivity index (χ4n) is 3.76. The highest BCUT2D eigenvalue weighted by atomic mass is 19.4. The fraction of sp³-hybridized carbons (Fsp3) is 0.240. The van der Waals surface area contributed by atoms with Crippen LogP contribution in [0.1, 0.15) is 26.5 Å². The van der Waals surface area contributed by atoms with Crippen molar-refractivity contribution in [2.75, 3.05) is 32.8 Å². The Morgan fingerprint density at radius 2 is 1.51 bits per heavy atom. The number of benzene rings is 2. The minimum absolute atomic E-state index is 0.133. The number of nitrogens with zero attached hydrogens (tertiary/aromatic N) is 2. The summed E-state index contributed by atoms with van der Waals surface area (Å²) in [5.41, 5.74) is 0.143. The van der Waals surface area contributed by atoms with E-state index in [9.17, 15) is 27.6 Å². The van der Waals surface area contributed by atoms with E-state index in [1.54, 1.807) is 35.2 Å². The first-order valence-electron chi connectivity index (χ1n) is 10.8. The molecular formula is C25H21F3N2O5. The lowest BCUT2D eigenvalue weighted by molar-refractivity contribution is -0.137. The predicted molar refractivity (Wildman–Crippen MR) is 118 cm³/mol. The molecule has 0 aliphatic carbocycles. The number of alkyl halides is 3. The summed E-state index contributed by atoms with van der Waals surface area (Å²) in [5, 5.41) is 0. The molecule has 2 heterocycles. The Labute approximate surface area is 198 Å². The number of hydrogen-bond donors (Lipinski definition) is 0. The van der Waals surface area contributed by atoms with E-state index in [4.69, 9.17) is 9.15 Å². The maximum absolute atomic E-state index is 12.9. The van der Waals surface area contributed by atoms with E-state index in [1.165, 1.54) is 29.4 Å². The lowest BCUT2D eigenvalue weighted by Crippen LogP contribution is -2.51. The fourth-order valence-corrected chi connectivity index (χ4v) is 3.76. The molecule has 0 atom stereocenters. The molecule has 1 fully saturated rings. The second-order valence-corrected chi connectivity index (χ2v) is 7.85. The summed E-state index contributed by atoms with van der Waals surface area (Å²) in [6.45, 7) is 0.703. The quantitative estimate of drug-likeness (QED) is 0.508. The Kier molecular flexibility index (Phi) is 6.90. The van der Waals surface area contributed by atoms with Gasteiger partial charge in [-0.3, -0.25) is 9.59 Å². The van der Waals surface area contributed by atoms with E-state index >= 15 is 0 Å². The molecule has 35 heavy (non-hydrogen) atoms. The first-order valence-corrected chi connectivity index (χ1v) is 10.8. The highest BCUT2D eigenvalue weighted by molar-refractivity contribution is 5.98. The first-order chi connectivity index (χ1) is 16.7. The van der Waals surface area contributed by atoms with Gasteiger partial charge < -0.3 is 19.0 Å². The number of piperazine rings is 1. The summed E-state index contributed by atoms with van der Waals surface area (Å²) in [5.74, 6) is -1.20. The molecule has 2 aromatic carbocycles. The van der Waals surface area contributed by atoms with Crippen molar-refractivity contribution in [3.63, 3.8) is 0 Å². The standard InChI is InChI=1S/C25H21F3N2O5/c26-25(27,28)18-9-7-17(8-10-18)19-4-1-2-5-20(19)24(33)35-16-22(31)29-11-13-30(14-12-29)23(32)21-6-3-15-34-21/h1-10,15H,11-14,16H2. The van der Waals surface area contributed by atoms with Crippen LogP contribution in [-0.4, -0.2) is 60.4 Å². The van der Waals surface area contributed by atoms with Crippen LogP contribution in [0.3, 0.4) is 0 Å². The summed E-state index contributed by atoms with van der Waals surface area (Å²) in [7, 11) is 0. The predicted octanol–water partition coefficient (Wildman–Crippen LogP) is 4.11. The molecule has 4 rings (SSSR count). The molecule has 1 aliphatic heterocycles. The van der Waals surface area contributed by atoms with Crippen molar-refractivity contribution >= 4 is 17.8 Å². The molecule has 182 valence electrons. The van der Waals surface area contributed by atoms with Gasteiger partial charge in [0, 0.05) is 26.2 Å². The second-order valence-electron chi connectivity index (χ2n) is 7.85. The van der Waals surface area contributed by atoms with Gasteiger partial charge in [-0.1, -0.05) is 30.3 Å². The van der Waals surface area contributed by atoms with Gasteiger partial charge in [-0.2, -0.15) is 13.2 Å². The monoisotopic (exact) mass is 486 g/mol. The highest BCUT2D eigenvalue weighted by Crippen LogP contribution is 2.32. The lowest BCUT2D eigenvalue weighted by atomic mass is 9.98. The van der Waals surface area contributed by atoms with Crippen LogP contribution in [0, 0.1) is 0 Å². The van der Waals surface area contributed by atoms with Gasteiger partial charge in [-0.05, 0) is 41.5 Å². The number of carbonyl (C=O) groups is 3. The van der Waals surface area contributed by atoms with Crippen molar-refractivity contribution in [2.45, 2.75) is 6.18 Å². The smallest absolute Gasteiger partial charge is 0.416 e. The number of carbonyl (C=O) groups excluding carboxylic acids is 3. The van der Waals surface area contributed by atoms with Crippen LogP contribution in [0.4, 0.5) is 13.2 Å². The van der Waals surface area contributed by atoms with E-state index in [2.05, 4.69) is 0 Å². The third-order valence-corrected chi connectivity index (χ3v) is 5.65. The highest BCUT2D eigenvalue weighted by Gasteiger charge is 2.30. The Balaban J connectivity index is 1.35. The number of halogens is 3. The summed E-state index contributed by atoms with van der Waals surface area (Å²) < 4.78 is 48.9. The van der Waals surface area contributed by atoms with Crippen LogP contribution in [0.2, 0.25) is 0 Å². The van der Waals surface area contributed by atoms with Crippen molar-refractivity contribution < 1.29 is 36.7 Å². The molecule has 10 heteroatoms. The maximum Gasteiger partial charge on any atom is 0.416 e. The van der Waals surface area contributed by atoms with Gasteiger partial charge in [0.1, 0.15) is 0 Å². The van der Waals surface area contributed by atoms with Crippen LogP contribution in [0.5, 0.6) is 0 Å². The zero-order chi connectivity index (χ0) is 25.0. The van der Waals surface area contributed by atoms with Gasteiger partial charge in [0.05, 0.1) is 17.4 Å². The van der Waals surface area contributed by atoms with E-state index in [-0.39, 0.29) is 30.3 Å². The van der Waals surface area contributed by atoms with Crippen LogP contribution in [-0.2, 0) is 15.7 Å². The summed E-state index contributed by atoms with van der Waals surface area (Å²) >= 11 is 0. The minimum Gasteiger partial charge on any atom is -0.459 e. The SMILES string of the molecule is O=C(OCC(=O)N1CCN(C(=O)c2ccco2)CC1)c1ccccc1-c1ccc(C(F)(F)F)cc1. The number of furan rings is 1. The van der Waals surface area contributed by atoms with Gasteiger partial charge >= 0.3 is 12.1 Å². The zero-order valence-corrected chi connectivity index (χ0v) is 18.5. The normalized spacial score (nSPS) is 14.0. The Hall–Kier alpha value is -4.08. The molecule has 3 aromatic rings. The summed E-state index contributed by atoms with van der Waals surface area (Å²) in [6, 6.07) is 14.0. The van der Waals surface area contributed by atoms with Crippen LogP contribution in [0.15, 0.2) is 71.3 Å². The van der Waals surface area contributed by atoms with Gasteiger partial charge in [-0.25, -0.2) is 4.79 Å². The first kappa shape index (κ1) is 24.1. The molecule has 2 amide bonds. The molecule has 0 radical (unpaired) electrons. The lowest BCUT2D eigenvalue weighted by Gasteiger charge is -2.34. The number of rotatable bonds is 5. The van der Waals surface area contributed by atoms with Crippen molar-refractivity contribution in [3.8, 4) is 11.1 Å². The molecule has 0 unspecified atom stereocenters. The molecule has 0 N–H and O–H groups in total. The van der Waals surface area contributed by atoms with Crippen molar-refractivity contribution in [3.05, 3.63) is 83.8 Å². The molecule has 1 aromatic heterocycles. The second kappa shape index (κ2) is 10.0.